The lowest BCUT2D eigenvalue weighted by Gasteiger charge is -2.07. The Hall–Kier alpha value is -2.18. The van der Waals surface area contributed by atoms with E-state index in [1.165, 1.54) is 0 Å². The second kappa shape index (κ2) is 5.21. The maximum Gasteiger partial charge on any atom is 0.389 e. The number of rotatable bonds is 3. The maximum atomic E-state index is 12.2. The van der Waals surface area contributed by atoms with E-state index in [-0.39, 0.29) is 24.0 Å². The SMILES string of the molecule is Nc1nc(CCC(F)(F)F)nc(-c2ccccc2)n1. The van der Waals surface area contributed by atoms with Crippen molar-refractivity contribution < 1.29 is 13.2 Å². The van der Waals surface area contributed by atoms with Gasteiger partial charge in [-0.2, -0.15) is 23.1 Å². The highest BCUT2D eigenvalue weighted by molar-refractivity contribution is 5.55. The van der Waals surface area contributed by atoms with Crippen molar-refractivity contribution in [1.29, 1.82) is 0 Å². The molecule has 1 aromatic carbocycles. The van der Waals surface area contributed by atoms with Gasteiger partial charge < -0.3 is 5.73 Å². The van der Waals surface area contributed by atoms with Crippen molar-refractivity contribution in [3.8, 4) is 11.4 Å². The summed E-state index contributed by atoms with van der Waals surface area (Å²) in [6.07, 6.45) is -5.53. The number of halogens is 3. The first-order valence-electron chi connectivity index (χ1n) is 5.57. The molecule has 1 aromatic heterocycles. The molecular formula is C12H11F3N4. The monoisotopic (exact) mass is 268 g/mol. The second-order valence-electron chi connectivity index (χ2n) is 3.91. The molecule has 4 nitrogen and oxygen atoms in total. The van der Waals surface area contributed by atoms with E-state index in [0.717, 1.165) is 0 Å². The minimum absolute atomic E-state index is 0.0451. The summed E-state index contributed by atoms with van der Waals surface area (Å²) in [5, 5.41) is 0. The normalized spacial score (nSPS) is 11.5. The summed E-state index contributed by atoms with van der Waals surface area (Å²) >= 11 is 0. The third-order valence-corrected chi connectivity index (χ3v) is 2.36. The van der Waals surface area contributed by atoms with Crippen LogP contribution in [0.25, 0.3) is 11.4 Å². The van der Waals surface area contributed by atoms with Crippen molar-refractivity contribution in [3.05, 3.63) is 36.2 Å². The van der Waals surface area contributed by atoms with Crippen LogP contribution in [0.15, 0.2) is 30.3 Å². The van der Waals surface area contributed by atoms with Crippen molar-refractivity contribution >= 4 is 5.95 Å². The zero-order valence-electron chi connectivity index (χ0n) is 9.85. The Morgan fingerprint density at radius 1 is 1.00 bits per heavy atom. The average Bonchev–Trinajstić information content (AvgIpc) is 2.36. The van der Waals surface area contributed by atoms with Crippen LogP contribution in [-0.4, -0.2) is 21.1 Å². The van der Waals surface area contributed by atoms with Gasteiger partial charge in [0.25, 0.3) is 0 Å². The molecule has 19 heavy (non-hydrogen) atoms. The lowest BCUT2D eigenvalue weighted by atomic mass is 10.2. The fraction of sp³-hybridized carbons (Fsp3) is 0.250. The number of aromatic nitrogens is 3. The number of nitrogens with two attached hydrogens (primary N) is 1. The highest BCUT2D eigenvalue weighted by Gasteiger charge is 2.27. The quantitative estimate of drug-likeness (QED) is 0.929. The molecule has 0 saturated carbocycles. The van der Waals surface area contributed by atoms with Gasteiger partial charge in [-0.3, -0.25) is 0 Å². The number of anilines is 1. The third kappa shape index (κ3) is 3.90. The molecule has 0 fully saturated rings. The van der Waals surface area contributed by atoms with Crippen molar-refractivity contribution in [2.75, 3.05) is 5.73 Å². The zero-order chi connectivity index (χ0) is 13.9. The first-order valence-corrected chi connectivity index (χ1v) is 5.57. The van der Waals surface area contributed by atoms with Crippen molar-refractivity contribution in [2.24, 2.45) is 0 Å². The van der Waals surface area contributed by atoms with E-state index < -0.39 is 12.6 Å². The summed E-state index contributed by atoms with van der Waals surface area (Å²) in [5.74, 6) is 0.250. The summed E-state index contributed by atoms with van der Waals surface area (Å²) in [5.41, 5.74) is 6.18. The predicted molar refractivity (Wildman–Crippen MR) is 64.1 cm³/mol. The maximum absolute atomic E-state index is 12.2. The van der Waals surface area contributed by atoms with E-state index in [2.05, 4.69) is 15.0 Å². The molecule has 0 spiro atoms. The number of hydrogen-bond acceptors (Lipinski definition) is 4. The van der Waals surface area contributed by atoms with Gasteiger partial charge in [-0.25, -0.2) is 4.98 Å². The standard InChI is InChI=1S/C12H11F3N4/c13-12(14,15)7-6-9-17-10(19-11(16)18-9)8-4-2-1-3-5-8/h1-5H,6-7H2,(H2,16,17,18,19). The van der Waals surface area contributed by atoms with Crippen LogP contribution in [0.1, 0.15) is 12.2 Å². The Labute approximate surface area is 107 Å². The Morgan fingerprint density at radius 2 is 1.68 bits per heavy atom. The number of hydrogen-bond donors (Lipinski definition) is 1. The smallest absolute Gasteiger partial charge is 0.368 e. The van der Waals surface area contributed by atoms with Crippen LogP contribution in [0.2, 0.25) is 0 Å². The molecule has 0 aliphatic rings. The predicted octanol–water partition coefficient (Wildman–Crippen LogP) is 2.62. The molecule has 0 saturated heterocycles. The van der Waals surface area contributed by atoms with Gasteiger partial charge in [0.05, 0.1) is 6.42 Å². The molecule has 0 aliphatic heterocycles. The lowest BCUT2D eigenvalue weighted by Crippen LogP contribution is -2.12. The summed E-state index contributed by atoms with van der Waals surface area (Å²) in [6, 6.07) is 8.89. The van der Waals surface area contributed by atoms with E-state index in [0.29, 0.717) is 5.56 Å². The minimum atomic E-state index is -4.24. The van der Waals surface area contributed by atoms with Gasteiger partial charge in [-0.05, 0) is 0 Å². The van der Waals surface area contributed by atoms with Gasteiger partial charge in [0, 0.05) is 12.0 Å². The van der Waals surface area contributed by atoms with E-state index in [9.17, 15) is 13.2 Å². The van der Waals surface area contributed by atoms with Gasteiger partial charge in [0.2, 0.25) is 5.95 Å². The van der Waals surface area contributed by atoms with E-state index in [1.54, 1.807) is 24.3 Å². The van der Waals surface area contributed by atoms with Crippen molar-refractivity contribution in [1.82, 2.24) is 15.0 Å². The second-order valence-corrected chi connectivity index (χ2v) is 3.91. The molecule has 0 radical (unpaired) electrons. The molecule has 0 aliphatic carbocycles. The molecule has 2 rings (SSSR count). The van der Waals surface area contributed by atoms with Gasteiger partial charge in [-0.15, -0.1) is 0 Å². The first kappa shape index (κ1) is 13.3. The molecule has 2 N–H and O–H groups in total. The molecule has 100 valence electrons. The van der Waals surface area contributed by atoms with Gasteiger partial charge in [-0.1, -0.05) is 30.3 Å². The van der Waals surface area contributed by atoms with Crippen molar-refractivity contribution in [2.45, 2.75) is 19.0 Å². The highest BCUT2D eigenvalue weighted by Crippen LogP contribution is 2.22. The number of nitrogen functional groups attached to an aromatic ring is 1. The Morgan fingerprint density at radius 3 is 2.32 bits per heavy atom. The zero-order valence-corrected chi connectivity index (χ0v) is 9.85. The Bertz CT molecular complexity index is 555. The average molecular weight is 268 g/mol. The Balaban J connectivity index is 2.25. The van der Waals surface area contributed by atoms with Crippen molar-refractivity contribution in [3.63, 3.8) is 0 Å². The molecule has 7 heteroatoms. The number of aryl methyl sites for hydroxylation is 1. The van der Waals surface area contributed by atoms with Crippen LogP contribution in [0.5, 0.6) is 0 Å². The minimum Gasteiger partial charge on any atom is -0.368 e. The van der Waals surface area contributed by atoms with Gasteiger partial charge in [0.15, 0.2) is 5.82 Å². The molecule has 1 heterocycles. The number of nitrogens with zero attached hydrogens (tertiary/aromatic N) is 3. The summed E-state index contributed by atoms with van der Waals surface area (Å²) in [7, 11) is 0. The van der Waals surface area contributed by atoms with E-state index in [1.807, 2.05) is 6.07 Å². The highest BCUT2D eigenvalue weighted by atomic mass is 19.4. The number of alkyl halides is 3. The summed E-state index contributed by atoms with van der Waals surface area (Å²) < 4.78 is 36.5. The molecular weight excluding hydrogens is 257 g/mol. The third-order valence-electron chi connectivity index (χ3n) is 2.36. The molecule has 0 atom stereocenters. The van der Waals surface area contributed by atoms with Crippen LogP contribution in [0.3, 0.4) is 0 Å². The van der Waals surface area contributed by atoms with Crippen LogP contribution >= 0.6 is 0 Å². The number of benzene rings is 1. The van der Waals surface area contributed by atoms with Gasteiger partial charge in [0.1, 0.15) is 5.82 Å². The molecule has 0 unspecified atom stereocenters. The summed E-state index contributed by atoms with van der Waals surface area (Å²) in [4.78, 5) is 11.6. The van der Waals surface area contributed by atoms with Gasteiger partial charge >= 0.3 is 6.18 Å². The largest absolute Gasteiger partial charge is 0.389 e. The van der Waals surface area contributed by atoms with E-state index in [4.69, 9.17) is 5.73 Å². The molecule has 2 aromatic rings. The first-order chi connectivity index (χ1) is 8.94. The van der Waals surface area contributed by atoms with Crippen LogP contribution in [0, 0.1) is 0 Å². The topological polar surface area (TPSA) is 64.7 Å². The fourth-order valence-corrected chi connectivity index (χ4v) is 1.52. The van der Waals surface area contributed by atoms with Crippen LogP contribution in [-0.2, 0) is 6.42 Å². The fourth-order valence-electron chi connectivity index (χ4n) is 1.52. The van der Waals surface area contributed by atoms with Crippen LogP contribution < -0.4 is 5.73 Å². The van der Waals surface area contributed by atoms with Crippen LogP contribution in [0.4, 0.5) is 19.1 Å². The summed E-state index contributed by atoms with van der Waals surface area (Å²) in [6.45, 7) is 0. The van der Waals surface area contributed by atoms with E-state index >= 15 is 0 Å². The molecule has 0 bridgehead atoms. The molecule has 0 amide bonds. The lowest BCUT2D eigenvalue weighted by molar-refractivity contribution is -0.134. The Kier molecular flexibility index (Phi) is 3.64.